The smallest absolute Gasteiger partial charge is 0.408 e. The Hall–Kier alpha value is -4.77. The molecule has 3 aromatic rings. The molecule has 0 aromatic heterocycles. The van der Waals surface area contributed by atoms with Crippen LogP contribution in [0.1, 0.15) is 68.0 Å². The summed E-state index contributed by atoms with van der Waals surface area (Å²) in [6.07, 6.45) is 5.49. The molecule has 0 saturated heterocycles. The highest BCUT2D eigenvalue weighted by Crippen LogP contribution is 2.28. The van der Waals surface area contributed by atoms with Crippen molar-refractivity contribution in [1.29, 1.82) is 0 Å². The number of hydrogen-bond donors (Lipinski definition) is 3. The van der Waals surface area contributed by atoms with Crippen LogP contribution < -0.4 is 10.6 Å². The zero-order chi connectivity index (χ0) is 31.7. The molecule has 43 heavy (non-hydrogen) atoms. The maximum absolute atomic E-state index is 14.4. The molecule has 3 rings (SSSR count). The third-order valence-electron chi connectivity index (χ3n) is 6.80. The number of para-hydroxylation sites is 1. The van der Waals surface area contributed by atoms with Gasteiger partial charge in [0.15, 0.2) is 0 Å². The summed E-state index contributed by atoms with van der Waals surface area (Å²) >= 11 is 0. The number of anilines is 1. The number of carbonyl (C=O) groups excluding carboxylic acids is 3. The number of terminal acetylenes is 1. The summed E-state index contributed by atoms with van der Waals surface area (Å²) in [5.41, 5.74) is 3.59. The van der Waals surface area contributed by atoms with Crippen molar-refractivity contribution in [2.75, 3.05) is 11.9 Å². The Balaban J connectivity index is 2.08. The van der Waals surface area contributed by atoms with E-state index in [1.807, 2.05) is 39.0 Å². The Morgan fingerprint density at radius 1 is 0.977 bits per heavy atom. The molecule has 0 saturated carbocycles. The van der Waals surface area contributed by atoms with E-state index in [-0.39, 0.29) is 18.7 Å². The van der Waals surface area contributed by atoms with Gasteiger partial charge in [0.05, 0.1) is 0 Å². The van der Waals surface area contributed by atoms with E-state index in [9.17, 15) is 19.5 Å². The normalized spacial score (nSPS) is 12.4. The van der Waals surface area contributed by atoms with Gasteiger partial charge < -0.3 is 25.4 Å². The molecule has 0 aliphatic rings. The predicted molar refractivity (Wildman–Crippen MR) is 169 cm³/mol. The van der Waals surface area contributed by atoms with Crippen molar-refractivity contribution >= 4 is 23.6 Å². The van der Waals surface area contributed by atoms with Gasteiger partial charge in [0.2, 0.25) is 5.91 Å². The van der Waals surface area contributed by atoms with Gasteiger partial charge in [0, 0.05) is 24.2 Å². The molecule has 0 bridgehead atoms. The van der Waals surface area contributed by atoms with E-state index in [1.54, 1.807) is 57.2 Å². The number of aryl methyl sites for hydroxylation is 2. The van der Waals surface area contributed by atoms with Crippen LogP contribution in [-0.4, -0.2) is 46.1 Å². The lowest BCUT2D eigenvalue weighted by Crippen LogP contribution is -2.53. The molecule has 0 aliphatic carbocycles. The standard InChI is InChI=1S/C35H41N3O5/c1-8-21-38(33(41)29(36-34(42)43-35(5,6)7)22-26-15-19-28(39)20-16-26)31(27-17-13-25(9-2)14-18-27)32(40)37-30-23(3)11-10-12-24(30)4/h2,10-20,29,31,39H,8,21-22H2,1,3-7H3,(H,36,42)(H,37,40). The Kier molecular flexibility index (Phi) is 11.0. The van der Waals surface area contributed by atoms with Crippen LogP contribution in [-0.2, 0) is 20.7 Å². The summed E-state index contributed by atoms with van der Waals surface area (Å²) in [6.45, 7) is 11.2. The average molecular weight is 584 g/mol. The van der Waals surface area contributed by atoms with Gasteiger partial charge in [0.25, 0.3) is 5.91 Å². The van der Waals surface area contributed by atoms with E-state index in [4.69, 9.17) is 11.2 Å². The molecule has 0 radical (unpaired) electrons. The lowest BCUT2D eigenvalue weighted by atomic mass is 9.98. The maximum Gasteiger partial charge on any atom is 0.408 e. The summed E-state index contributed by atoms with van der Waals surface area (Å²) in [4.78, 5) is 43.0. The number of alkyl carbamates (subject to hydrolysis) is 1. The van der Waals surface area contributed by atoms with Gasteiger partial charge in [-0.2, -0.15) is 0 Å². The molecular formula is C35H41N3O5. The molecular weight excluding hydrogens is 542 g/mol. The minimum Gasteiger partial charge on any atom is -0.508 e. The first-order chi connectivity index (χ1) is 20.3. The SMILES string of the molecule is C#Cc1ccc(C(C(=O)Nc2c(C)cccc2C)N(CCC)C(=O)C(Cc2ccc(O)cc2)NC(=O)OC(C)(C)C)cc1. The minimum atomic E-state index is -1.06. The molecule has 2 unspecified atom stereocenters. The van der Waals surface area contributed by atoms with E-state index in [0.717, 1.165) is 11.1 Å². The van der Waals surface area contributed by atoms with Crippen LogP contribution in [0.25, 0.3) is 0 Å². The van der Waals surface area contributed by atoms with Crippen molar-refractivity contribution in [2.45, 2.75) is 72.1 Å². The summed E-state index contributed by atoms with van der Waals surface area (Å²) in [5.74, 6) is 1.81. The predicted octanol–water partition coefficient (Wildman–Crippen LogP) is 6.04. The number of benzene rings is 3. The highest BCUT2D eigenvalue weighted by molar-refractivity contribution is 6.00. The van der Waals surface area contributed by atoms with Crippen molar-refractivity contribution < 1.29 is 24.2 Å². The molecule has 8 heteroatoms. The number of rotatable bonds is 10. The Morgan fingerprint density at radius 2 is 1.58 bits per heavy atom. The quantitative estimate of drug-likeness (QED) is 0.252. The van der Waals surface area contributed by atoms with E-state index >= 15 is 0 Å². The third kappa shape index (κ3) is 9.11. The molecule has 3 aromatic carbocycles. The second-order valence-corrected chi connectivity index (χ2v) is 11.5. The van der Waals surface area contributed by atoms with Crippen molar-refractivity contribution in [3.8, 4) is 18.1 Å². The number of phenols is 1. The fraction of sp³-hybridized carbons (Fsp3) is 0.343. The first-order valence-electron chi connectivity index (χ1n) is 14.3. The number of carbonyl (C=O) groups is 3. The number of hydrogen-bond acceptors (Lipinski definition) is 5. The van der Waals surface area contributed by atoms with Crippen molar-refractivity contribution in [3.05, 3.63) is 94.5 Å². The summed E-state index contributed by atoms with van der Waals surface area (Å²) in [7, 11) is 0. The molecule has 8 nitrogen and oxygen atoms in total. The molecule has 0 heterocycles. The van der Waals surface area contributed by atoms with Crippen LogP contribution in [0.3, 0.4) is 0 Å². The second kappa shape index (κ2) is 14.4. The van der Waals surface area contributed by atoms with Crippen LogP contribution in [0.4, 0.5) is 10.5 Å². The third-order valence-corrected chi connectivity index (χ3v) is 6.80. The number of ether oxygens (including phenoxy) is 1. The number of aromatic hydroxyl groups is 1. The number of nitrogens with one attached hydrogen (secondary N) is 2. The van der Waals surface area contributed by atoms with E-state index in [0.29, 0.717) is 28.8 Å². The van der Waals surface area contributed by atoms with Crippen LogP contribution in [0, 0.1) is 26.2 Å². The molecule has 0 fully saturated rings. The number of nitrogens with zero attached hydrogens (tertiary/aromatic N) is 1. The van der Waals surface area contributed by atoms with Crippen molar-refractivity contribution in [2.24, 2.45) is 0 Å². The lowest BCUT2D eigenvalue weighted by molar-refractivity contribution is -0.140. The molecule has 0 aliphatic heterocycles. The van der Waals surface area contributed by atoms with Gasteiger partial charge in [-0.3, -0.25) is 9.59 Å². The summed E-state index contributed by atoms with van der Waals surface area (Å²) < 4.78 is 5.48. The molecule has 226 valence electrons. The lowest BCUT2D eigenvalue weighted by Gasteiger charge is -2.34. The Labute approximate surface area is 254 Å². The largest absolute Gasteiger partial charge is 0.508 e. The fourth-order valence-electron chi connectivity index (χ4n) is 4.76. The zero-order valence-corrected chi connectivity index (χ0v) is 25.7. The van der Waals surface area contributed by atoms with Gasteiger partial charge >= 0.3 is 6.09 Å². The van der Waals surface area contributed by atoms with Crippen LogP contribution in [0.2, 0.25) is 0 Å². The first kappa shape index (κ1) is 32.7. The monoisotopic (exact) mass is 583 g/mol. The van der Waals surface area contributed by atoms with Crippen LogP contribution in [0.15, 0.2) is 66.7 Å². The highest BCUT2D eigenvalue weighted by atomic mass is 16.6. The van der Waals surface area contributed by atoms with Crippen LogP contribution >= 0.6 is 0 Å². The molecule has 2 atom stereocenters. The van der Waals surface area contributed by atoms with Crippen LogP contribution in [0.5, 0.6) is 5.75 Å². The minimum absolute atomic E-state index is 0.0815. The zero-order valence-electron chi connectivity index (χ0n) is 25.7. The van der Waals surface area contributed by atoms with E-state index in [1.165, 1.54) is 17.0 Å². The molecule has 3 N–H and O–H groups in total. The Bertz CT molecular complexity index is 1450. The summed E-state index contributed by atoms with van der Waals surface area (Å²) in [5, 5.41) is 15.6. The van der Waals surface area contributed by atoms with Crippen molar-refractivity contribution in [1.82, 2.24) is 10.2 Å². The molecule has 0 spiro atoms. The highest BCUT2D eigenvalue weighted by Gasteiger charge is 2.36. The van der Waals surface area contributed by atoms with E-state index < -0.39 is 35.6 Å². The van der Waals surface area contributed by atoms with Gasteiger partial charge in [-0.05, 0) is 87.6 Å². The number of phenolic OH excluding ortho intramolecular Hbond substituents is 1. The van der Waals surface area contributed by atoms with E-state index in [2.05, 4.69) is 16.6 Å². The topological polar surface area (TPSA) is 108 Å². The fourth-order valence-corrected chi connectivity index (χ4v) is 4.76. The van der Waals surface area contributed by atoms with Gasteiger partial charge in [-0.1, -0.05) is 55.3 Å². The second-order valence-electron chi connectivity index (χ2n) is 11.5. The first-order valence-corrected chi connectivity index (χ1v) is 14.3. The maximum atomic E-state index is 14.4. The summed E-state index contributed by atoms with van der Waals surface area (Å²) in [6, 6.07) is 17.0. The van der Waals surface area contributed by atoms with Crippen molar-refractivity contribution in [3.63, 3.8) is 0 Å². The van der Waals surface area contributed by atoms with Gasteiger partial charge in [-0.15, -0.1) is 6.42 Å². The van der Waals surface area contributed by atoms with Gasteiger partial charge in [-0.25, -0.2) is 4.79 Å². The molecule has 3 amide bonds. The van der Waals surface area contributed by atoms with Gasteiger partial charge in [0.1, 0.15) is 23.4 Å². The number of amides is 3. The Morgan fingerprint density at radius 3 is 2.12 bits per heavy atom. The average Bonchev–Trinajstić information content (AvgIpc) is 2.94.